The van der Waals surface area contributed by atoms with Crippen molar-refractivity contribution in [1.29, 1.82) is 0 Å². The highest BCUT2D eigenvalue weighted by Crippen LogP contribution is 2.34. The maximum atomic E-state index is 14.3. The van der Waals surface area contributed by atoms with Gasteiger partial charge in [-0.3, -0.25) is 10.1 Å². The summed E-state index contributed by atoms with van der Waals surface area (Å²) < 4.78 is 33.4. The SMILES string of the molecule is CC(C)(C)OC(=O)Nc1ncc(C2CCC(=O)C(F)C2)nc1-c1ccc(C(=O)[O-])c(F)c1. The van der Waals surface area contributed by atoms with Crippen molar-refractivity contribution >= 4 is 23.7 Å². The lowest BCUT2D eigenvalue weighted by Gasteiger charge is -2.24. The van der Waals surface area contributed by atoms with Crippen LogP contribution >= 0.6 is 0 Å². The van der Waals surface area contributed by atoms with Gasteiger partial charge in [0.2, 0.25) is 0 Å². The summed E-state index contributed by atoms with van der Waals surface area (Å²) >= 11 is 0. The number of hydrogen-bond acceptors (Lipinski definition) is 7. The number of carboxylic acid groups (broad SMARTS) is 1. The van der Waals surface area contributed by atoms with Gasteiger partial charge in [-0.05, 0) is 45.7 Å². The number of ether oxygens (including phenoxy) is 1. The summed E-state index contributed by atoms with van der Waals surface area (Å²) in [4.78, 5) is 43.4. The molecule has 0 radical (unpaired) electrons. The normalized spacial score (nSPS) is 18.8. The maximum Gasteiger partial charge on any atom is 0.413 e. The lowest BCUT2D eigenvalue weighted by atomic mass is 9.85. The largest absolute Gasteiger partial charge is 0.545 e. The number of aromatic carboxylic acids is 1. The third-order valence-electron chi connectivity index (χ3n) is 4.87. The molecule has 1 aliphatic carbocycles. The molecule has 170 valence electrons. The van der Waals surface area contributed by atoms with Gasteiger partial charge in [0.1, 0.15) is 17.1 Å². The Morgan fingerprint density at radius 2 is 2.00 bits per heavy atom. The first kappa shape index (κ1) is 23.2. The quantitative estimate of drug-likeness (QED) is 0.766. The number of amides is 1. The van der Waals surface area contributed by atoms with Crippen LogP contribution in [0, 0.1) is 5.82 Å². The predicted molar refractivity (Wildman–Crippen MR) is 108 cm³/mol. The molecule has 1 amide bonds. The van der Waals surface area contributed by atoms with E-state index in [1.54, 1.807) is 20.8 Å². The molecule has 1 heterocycles. The van der Waals surface area contributed by atoms with Crippen LogP contribution in [0.2, 0.25) is 0 Å². The first-order valence-electron chi connectivity index (χ1n) is 9.99. The maximum absolute atomic E-state index is 14.3. The number of anilines is 1. The fraction of sp³-hybridized carbons (Fsp3) is 0.409. The predicted octanol–water partition coefficient (Wildman–Crippen LogP) is 3.17. The van der Waals surface area contributed by atoms with Crippen molar-refractivity contribution < 1.29 is 33.0 Å². The smallest absolute Gasteiger partial charge is 0.413 e. The van der Waals surface area contributed by atoms with Gasteiger partial charge in [-0.2, -0.15) is 0 Å². The van der Waals surface area contributed by atoms with Crippen molar-refractivity contribution in [2.45, 2.75) is 57.7 Å². The van der Waals surface area contributed by atoms with Crippen LogP contribution in [0.4, 0.5) is 19.4 Å². The van der Waals surface area contributed by atoms with E-state index in [4.69, 9.17) is 4.74 Å². The van der Waals surface area contributed by atoms with E-state index >= 15 is 0 Å². The fourth-order valence-electron chi connectivity index (χ4n) is 3.36. The van der Waals surface area contributed by atoms with E-state index in [9.17, 15) is 28.3 Å². The number of carbonyl (C=O) groups excluding carboxylic acids is 3. The topological polar surface area (TPSA) is 121 Å². The summed E-state index contributed by atoms with van der Waals surface area (Å²) in [6, 6.07) is 3.24. The Labute approximate surface area is 183 Å². The van der Waals surface area contributed by atoms with Crippen molar-refractivity contribution in [3.8, 4) is 11.3 Å². The molecule has 8 nitrogen and oxygen atoms in total. The van der Waals surface area contributed by atoms with E-state index in [2.05, 4.69) is 15.3 Å². The molecule has 10 heteroatoms. The Morgan fingerprint density at radius 3 is 2.59 bits per heavy atom. The van der Waals surface area contributed by atoms with E-state index in [-0.39, 0.29) is 29.9 Å². The van der Waals surface area contributed by atoms with E-state index in [1.165, 1.54) is 12.3 Å². The minimum absolute atomic E-state index is 0.0458. The summed E-state index contributed by atoms with van der Waals surface area (Å²) in [7, 11) is 0. The third-order valence-corrected chi connectivity index (χ3v) is 4.87. The van der Waals surface area contributed by atoms with Crippen LogP contribution in [-0.4, -0.2) is 39.6 Å². The molecule has 2 unspecified atom stereocenters. The van der Waals surface area contributed by atoms with Gasteiger partial charge in [-0.15, -0.1) is 0 Å². The average Bonchev–Trinajstić information content (AvgIpc) is 2.68. The van der Waals surface area contributed by atoms with Gasteiger partial charge in [-0.25, -0.2) is 23.5 Å². The number of benzene rings is 1. The molecule has 0 spiro atoms. The molecule has 3 rings (SSSR count). The molecule has 2 aromatic rings. The highest BCUT2D eigenvalue weighted by molar-refractivity contribution is 5.90. The van der Waals surface area contributed by atoms with Crippen LogP contribution in [0.25, 0.3) is 11.3 Å². The van der Waals surface area contributed by atoms with Gasteiger partial charge in [0.25, 0.3) is 0 Å². The van der Waals surface area contributed by atoms with Gasteiger partial charge >= 0.3 is 6.09 Å². The van der Waals surface area contributed by atoms with Gasteiger partial charge < -0.3 is 14.6 Å². The van der Waals surface area contributed by atoms with E-state index < -0.39 is 46.9 Å². The third kappa shape index (κ3) is 5.43. The lowest BCUT2D eigenvalue weighted by Crippen LogP contribution is -2.28. The summed E-state index contributed by atoms with van der Waals surface area (Å²) in [6.07, 6.45) is -0.669. The van der Waals surface area contributed by atoms with Gasteiger partial charge in [0, 0.05) is 23.5 Å². The minimum atomic E-state index is -1.68. The summed E-state index contributed by atoms with van der Waals surface area (Å²) in [6.45, 7) is 5.02. The Kier molecular flexibility index (Phi) is 6.52. The number of carboxylic acids is 1. The van der Waals surface area contributed by atoms with Crippen molar-refractivity contribution in [1.82, 2.24) is 9.97 Å². The van der Waals surface area contributed by atoms with E-state index in [0.717, 1.165) is 12.1 Å². The van der Waals surface area contributed by atoms with Crippen LogP contribution in [0.3, 0.4) is 0 Å². The second-order valence-electron chi connectivity index (χ2n) is 8.51. The molecular formula is C22H22F2N3O5-. The number of nitrogens with zero attached hydrogens (tertiary/aromatic N) is 2. The molecule has 2 atom stereocenters. The number of halogens is 2. The van der Waals surface area contributed by atoms with Gasteiger partial charge in [-0.1, -0.05) is 6.07 Å². The van der Waals surface area contributed by atoms with E-state index in [0.29, 0.717) is 12.1 Å². The summed E-state index contributed by atoms with van der Waals surface area (Å²) in [5, 5.41) is 13.5. The number of hydrogen-bond donors (Lipinski definition) is 1. The van der Waals surface area contributed by atoms with Crippen LogP contribution in [0.15, 0.2) is 24.4 Å². The molecular weight excluding hydrogens is 424 g/mol. The van der Waals surface area contributed by atoms with Crippen molar-refractivity contribution in [3.63, 3.8) is 0 Å². The zero-order valence-corrected chi connectivity index (χ0v) is 17.8. The monoisotopic (exact) mass is 446 g/mol. The standard InChI is InChI=1S/C22H23F2N3O5/c1-22(2,3)32-21(31)27-19-18(12-4-6-13(20(29)30)14(23)9-12)26-16(10-25-19)11-5-7-17(28)15(24)8-11/h4,6,9-11,15H,5,7-8H2,1-3H3,(H,29,30)(H,25,27,31)/p-1. The Bertz CT molecular complexity index is 1070. The lowest BCUT2D eigenvalue weighted by molar-refractivity contribution is -0.255. The summed E-state index contributed by atoms with van der Waals surface area (Å²) in [5.74, 6) is -3.63. The van der Waals surface area contributed by atoms with Gasteiger partial charge in [0.05, 0.1) is 17.9 Å². The first-order valence-corrected chi connectivity index (χ1v) is 9.99. The number of Topliss-reactive ketones (excluding diaryl/α,β-unsaturated/α-hetero) is 1. The average molecular weight is 446 g/mol. The van der Waals surface area contributed by atoms with Crippen molar-refractivity contribution in [3.05, 3.63) is 41.5 Å². The molecule has 32 heavy (non-hydrogen) atoms. The number of carbonyl (C=O) groups is 3. The molecule has 1 saturated carbocycles. The molecule has 1 aliphatic rings. The molecule has 1 aromatic heterocycles. The Balaban J connectivity index is 2.01. The second kappa shape index (κ2) is 8.97. The first-order chi connectivity index (χ1) is 14.9. The van der Waals surface area contributed by atoms with Gasteiger partial charge in [0.15, 0.2) is 17.8 Å². The molecule has 1 fully saturated rings. The number of nitrogens with one attached hydrogen (secondary N) is 1. The molecule has 0 aliphatic heterocycles. The highest BCUT2D eigenvalue weighted by atomic mass is 19.1. The molecule has 0 bridgehead atoms. The van der Waals surface area contributed by atoms with Crippen molar-refractivity contribution in [2.24, 2.45) is 0 Å². The molecule has 1 N–H and O–H groups in total. The van der Waals surface area contributed by atoms with Crippen LogP contribution in [0.1, 0.15) is 62.0 Å². The summed E-state index contributed by atoms with van der Waals surface area (Å²) in [5.41, 5.74) is -0.870. The Hall–Kier alpha value is -3.43. The number of aromatic nitrogens is 2. The molecule has 1 aromatic carbocycles. The highest BCUT2D eigenvalue weighted by Gasteiger charge is 2.31. The zero-order valence-electron chi connectivity index (χ0n) is 17.8. The minimum Gasteiger partial charge on any atom is -0.545 e. The fourth-order valence-corrected chi connectivity index (χ4v) is 3.36. The van der Waals surface area contributed by atoms with E-state index in [1.807, 2.05) is 0 Å². The number of alkyl halides is 1. The molecule has 0 saturated heterocycles. The number of rotatable bonds is 4. The zero-order chi connectivity index (χ0) is 23.6. The van der Waals surface area contributed by atoms with Crippen LogP contribution < -0.4 is 10.4 Å². The van der Waals surface area contributed by atoms with Crippen LogP contribution in [-0.2, 0) is 9.53 Å². The Morgan fingerprint density at radius 1 is 1.28 bits per heavy atom. The van der Waals surface area contributed by atoms with Crippen molar-refractivity contribution in [2.75, 3.05) is 5.32 Å². The number of ketones is 1. The second-order valence-corrected chi connectivity index (χ2v) is 8.51. The van der Waals surface area contributed by atoms with Crippen LogP contribution in [0.5, 0.6) is 0 Å².